The number of sulfonamides is 1. The molecule has 3 N–H and O–H groups in total. The molecule has 1 aliphatic carbocycles. The maximum Gasteiger partial charge on any atom is 0.238 e. The van der Waals surface area contributed by atoms with Crippen LogP contribution in [0.2, 0.25) is 0 Å². The molecule has 1 aliphatic heterocycles. The highest BCUT2D eigenvalue weighted by atomic mass is 32.2. The van der Waals surface area contributed by atoms with Crippen LogP contribution in [-0.4, -0.2) is 31.0 Å². The second-order valence-corrected chi connectivity index (χ2v) is 10.3. The van der Waals surface area contributed by atoms with Crippen LogP contribution in [0.1, 0.15) is 68.8 Å². The highest BCUT2D eigenvalue weighted by molar-refractivity contribution is 7.89. The number of nitrogens with zero attached hydrogens (tertiary/aromatic N) is 3. The molecule has 162 valence electrons. The van der Waals surface area contributed by atoms with Crippen LogP contribution in [0, 0.1) is 0 Å². The lowest BCUT2D eigenvalue weighted by molar-refractivity contribution is 0.461. The van der Waals surface area contributed by atoms with E-state index in [4.69, 9.17) is 15.1 Å². The highest BCUT2D eigenvalue weighted by Gasteiger charge is 2.22. The van der Waals surface area contributed by atoms with Gasteiger partial charge in [0.2, 0.25) is 10.0 Å². The summed E-state index contributed by atoms with van der Waals surface area (Å²) in [5, 5.41) is 8.96. The number of nitrogens with one attached hydrogen (secondary N) is 1. The molecule has 2 aromatic rings. The SMILES string of the molecule is CC(C)c1nc(NC2CCCCC2)cc(N2CCc3ccc(S(N)(=O)=O)cc3C2)n1. The van der Waals surface area contributed by atoms with Gasteiger partial charge >= 0.3 is 0 Å². The van der Waals surface area contributed by atoms with Gasteiger partial charge in [-0.3, -0.25) is 0 Å². The Bertz CT molecular complexity index is 1020. The van der Waals surface area contributed by atoms with Crippen LogP contribution >= 0.6 is 0 Å². The summed E-state index contributed by atoms with van der Waals surface area (Å²) in [6.45, 7) is 5.65. The van der Waals surface area contributed by atoms with Crippen LogP contribution in [0.3, 0.4) is 0 Å². The topological polar surface area (TPSA) is 101 Å². The van der Waals surface area contributed by atoms with E-state index in [1.165, 1.54) is 32.1 Å². The van der Waals surface area contributed by atoms with Crippen molar-refractivity contribution in [3.8, 4) is 0 Å². The Balaban J connectivity index is 1.61. The fourth-order valence-electron chi connectivity index (χ4n) is 4.31. The van der Waals surface area contributed by atoms with E-state index >= 15 is 0 Å². The summed E-state index contributed by atoms with van der Waals surface area (Å²) in [5.74, 6) is 2.83. The molecule has 0 amide bonds. The summed E-state index contributed by atoms with van der Waals surface area (Å²) in [6, 6.07) is 7.68. The normalized spacial score (nSPS) is 17.8. The molecule has 2 aliphatic rings. The first-order chi connectivity index (χ1) is 14.3. The number of fused-ring (bicyclic) bond motifs is 1. The fourth-order valence-corrected chi connectivity index (χ4v) is 4.87. The molecular formula is C22H31N5O2S. The minimum absolute atomic E-state index is 0.160. The van der Waals surface area contributed by atoms with Gasteiger partial charge in [0, 0.05) is 31.1 Å². The number of anilines is 2. The minimum Gasteiger partial charge on any atom is -0.367 e. The molecule has 0 atom stereocenters. The number of hydrogen-bond acceptors (Lipinski definition) is 6. The average molecular weight is 430 g/mol. The summed E-state index contributed by atoms with van der Waals surface area (Å²) >= 11 is 0. The molecular weight excluding hydrogens is 398 g/mol. The van der Waals surface area contributed by atoms with Gasteiger partial charge in [0.15, 0.2) is 0 Å². The number of hydrogen-bond donors (Lipinski definition) is 2. The molecule has 30 heavy (non-hydrogen) atoms. The Morgan fingerprint density at radius 3 is 2.57 bits per heavy atom. The second-order valence-electron chi connectivity index (χ2n) is 8.75. The van der Waals surface area contributed by atoms with E-state index < -0.39 is 10.0 Å². The second kappa shape index (κ2) is 8.51. The number of benzene rings is 1. The minimum atomic E-state index is -3.71. The highest BCUT2D eigenvalue weighted by Crippen LogP contribution is 2.29. The zero-order valence-corrected chi connectivity index (χ0v) is 18.6. The van der Waals surface area contributed by atoms with Crippen molar-refractivity contribution in [3.63, 3.8) is 0 Å². The maximum absolute atomic E-state index is 11.8. The van der Waals surface area contributed by atoms with Gasteiger partial charge < -0.3 is 10.2 Å². The van der Waals surface area contributed by atoms with Crippen LogP contribution in [0.15, 0.2) is 29.2 Å². The van der Waals surface area contributed by atoms with Gasteiger partial charge in [-0.2, -0.15) is 0 Å². The van der Waals surface area contributed by atoms with Crippen molar-refractivity contribution < 1.29 is 8.42 Å². The van der Waals surface area contributed by atoms with Crippen LogP contribution in [-0.2, 0) is 23.0 Å². The van der Waals surface area contributed by atoms with Crippen molar-refractivity contribution in [2.75, 3.05) is 16.8 Å². The van der Waals surface area contributed by atoms with Gasteiger partial charge in [-0.15, -0.1) is 0 Å². The largest absolute Gasteiger partial charge is 0.367 e. The van der Waals surface area contributed by atoms with Crippen molar-refractivity contribution in [3.05, 3.63) is 41.2 Å². The zero-order valence-electron chi connectivity index (χ0n) is 17.8. The van der Waals surface area contributed by atoms with Gasteiger partial charge in [0.05, 0.1) is 4.90 Å². The van der Waals surface area contributed by atoms with E-state index in [1.54, 1.807) is 12.1 Å². The van der Waals surface area contributed by atoms with Crippen molar-refractivity contribution in [1.29, 1.82) is 0 Å². The summed E-state index contributed by atoms with van der Waals surface area (Å²) < 4.78 is 23.5. The van der Waals surface area contributed by atoms with Gasteiger partial charge in [0.25, 0.3) is 0 Å². The fraction of sp³-hybridized carbons (Fsp3) is 0.545. The third-order valence-electron chi connectivity index (χ3n) is 6.05. The van der Waals surface area contributed by atoms with Crippen molar-refractivity contribution in [2.45, 2.75) is 75.8 Å². The van der Waals surface area contributed by atoms with E-state index in [-0.39, 0.29) is 10.8 Å². The van der Waals surface area contributed by atoms with Gasteiger partial charge in [0.1, 0.15) is 17.5 Å². The first-order valence-electron chi connectivity index (χ1n) is 10.8. The molecule has 0 radical (unpaired) electrons. The van der Waals surface area contributed by atoms with Crippen LogP contribution in [0.5, 0.6) is 0 Å². The Kier molecular flexibility index (Phi) is 5.97. The van der Waals surface area contributed by atoms with Crippen molar-refractivity contribution in [1.82, 2.24) is 9.97 Å². The quantitative estimate of drug-likeness (QED) is 0.754. The first-order valence-corrected chi connectivity index (χ1v) is 12.4. The molecule has 7 nitrogen and oxygen atoms in total. The molecule has 8 heteroatoms. The summed E-state index contributed by atoms with van der Waals surface area (Å²) in [5.41, 5.74) is 2.15. The van der Waals surface area contributed by atoms with Gasteiger partial charge in [-0.25, -0.2) is 23.5 Å². The molecule has 0 spiro atoms. The van der Waals surface area contributed by atoms with Crippen LogP contribution < -0.4 is 15.4 Å². The van der Waals surface area contributed by atoms with E-state index in [9.17, 15) is 8.42 Å². The molecule has 1 aromatic heterocycles. The Labute approximate surface area is 179 Å². The number of nitrogens with two attached hydrogens (primary N) is 1. The molecule has 1 saturated carbocycles. The molecule has 4 rings (SSSR count). The third-order valence-corrected chi connectivity index (χ3v) is 6.96. The van der Waals surface area contributed by atoms with Crippen LogP contribution in [0.25, 0.3) is 0 Å². The Morgan fingerprint density at radius 1 is 1.10 bits per heavy atom. The van der Waals surface area contributed by atoms with Gasteiger partial charge in [-0.05, 0) is 42.5 Å². The predicted octanol–water partition coefficient (Wildman–Crippen LogP) is 3.55. The third kappa shape index (κ3) is 4.75. The lowest BCUT2D eigenvalue weighted by Gasteiger charge is -2.31. The van der Waals surface area contributed by atoms with Crippen molar-refractivity contribution >= 4 is 21.7 Å². The molecule has 0 bridgehead atoms. The smallest absolute Gasteiger partial charge is 0.238 e. The molecule has 1 aromatic carbocycles. The van der Waals surface area contributed by atoms with E-state index in [2.05, 4.69) is 24.1 Å². The predicted molar refractivity (Wildman–Crippen MR) is 119 cm³/mol. The van der Waals surface area contributed by atoms with E-state index in [1.807, 2.05) is 12.1 Å². The first kappa shape index (κ1) is 21.1. The standard InChI is InChI=1S/C22H31N5O2S/c1-15(2)22-25-20(24-18-6-4-3-5-7-18)13-21(26-22)27-11-10-16-8-9-19(30(23,28)29)12-17(16)14-27/h8-9,12-13,15,18H,3-7,10-11,14H2,1-2H3,(H2,23,28,29)(H,24,25,26). The monoisotopic (exact) mass is 429 g/mol. The van der Waals surface area contributed by atoms with Crippen molar-refractivity contribution in [2.24, 2.45) is 5.14 Å². The summed E-state index contributed by atoms with van der Waals surface area (Å²) in [7, 11) is -3.71. The Morgan fingerprint density at radius 2 is 1.87 bits per heavy atom. The molecule has 1 fully saturated rings. The lowest BCUT2D eigenvalue weighted by Crippen LogP contribution is -2.32. The van der Waals surface area contributed by atoms with Gasteiger partial charge in [-0.1, -0.05) is 39.2 Å². The average Bonchev–Trinajstić information content (AvgIpc) is 2.72. The van der Waals surface area contributed by atoms with E-state index in [0.29, 0.717) is 12.6 Å². The zero-order chi connectivity index (χ0) is 21.3. The molecule has 0 saturated heterocycles. The van der Waals surface area contributed by atoms with E-state index in [0.717, 1.165) is 41.6 Å². The van der Waals surface area contributed by atoms with Crippen LogP contribution in [0.4, 0.5) is 11.6 Å². The Hall–Kier alpha value is -2.19. The number of primary sulfonamides is 1. The molecule has 0 unspecified atom stereocenters. The number of rotatable bonds is 5. The number of aromatic nitrogens is 2. The lowest BCUT2D eigenvalue weighted by atomic mass is 9.95. The summed E-state index contributed by atoms with van der Waals surface area (Å²) in [6.07, 6.45) is 7.06. The maximum atomic E-state index is 11.8. The molecule has 2 heterocycles. The summed E-state index contributed by atoms with van der Waals surface area (Å²) in [4.78, 5) is 12.0.